The van der Waals surface area contributed by atoms with E-state index in [-0.39, 0.29) is 18.4 Å². The van der Waals surface area contributed by atoms with E-state index in [4.69, 9.17) is 4.74 Å². The van der Waals surface area contributed by atoms with Gasteiger partial charge < -0.3 is 10.1 Å². The van der Waals surface area contributed by atoms with E-state index in [0.717, 1.165) is 36.5 Å². The molecule has 3 aromatic carbocycles. The summed E-state index contributed by atoms with van der Waals surface area (Å²) in [5.74, 6) is -0.271. The van der Waals surface area contributed by atoms with Crippen molar-refractivity contribution in [1.82, 2.24) is 10.9 Å². The number of rotatable bonds is 6. The molecule has 170 valence electrons. The van der Waals surface area contributed by atoms with Gasteiger partial charge in [0.1, 0.15) is 5.75 Å². The van der Waals surface area contributed by atoms with Crippen LogP contribution < -0.4 is 20.9 Å². The Labute approximate surface area is 192 Å². The zero-order valence-corrected chi connectivity index (χ0v) is 18.3. The van der Waals surface area contributed by atoms with Gasteiger partial charge in [-0.05, 0) is 60.0 Å². The Bertz CT molecular complexity index is 1140. The van der Waals surface area contributed by atoms with Crippen LogP contribution >= 0.6 is 0 Å². The molecule has 4 rings (SSSR count). The second kappa shape index (κ2) is 10.6. The van der Waals surface area contributed by atoms with Crippen LogP contribution in [0.5, 0.6) is 5.75 Å². The van der Waals surface area contributed by atoms with Crippen molar-refractivity contribution in [3.8, 4) is 5.75 Å². The summed E-state index contributed by atoms with van der Waals surface area (Å²) in [6, 6.07) is 20.0. The van der Waals surface area contributed by atoms with Crippen LogP contribution in [0.15, 0.2) is 66.7 Å². The fourth-order valence-corrected chi connectivity index (χ4v) is 3.95. The van der Waals surface area contributed by atoms with E-state index in [1.807, 2.05) is 36.4 Å². The van der Waals surface area contributed by atoms with Gasteiger partial charge in [-0.2, -0.15) is 0 Å². The van der Waals surface area contributed by atoms with Gasteiger partial charge in [0.05, 0.1) is 0 Å². The molecule has 1 aliphatic rings. The van der Waals surface area contributed by atoms with Crippen molar-refractivity contribution >= 4 is 34.2 Å². The summed E-state index contributed by atoms with van der Waals surface area (Å²) >= 11 is 0. The summed E-state index contributed by atoms with van der Waals surface area (Å²) in [6.45, 7) is -0.231. The van der Waals surface area contributed by atoms with E-state index >= 15 is 0 Å². The summed E-state index contributed by atoms with van der Waals surface area (Å²) in [5.41, 5.74) is 5.73. The molecular formula is C26H27N3O4. The van der Waals surface area contributed by atoms with Crippen molar-refractivity contribution in [1.29, 1.82) is 0 Å². The Kier molecular flexibility index (Phi) is 7.19. The maximum absolute atomic E-state index is 12.3. The van der Waals surface area contributed by atoms with Crippen LogP contribution in [0.4, 0.5) is 5.69 Å². The molecule has 7 nitrogen and oxygen atoms in total. The molecule has 3 amide bonds. The second-order valence-electron chi connectivity index (χ2n) is 8.20. The first-order chi connectivity index (χ1) is 16.1. The average Bonchev–Trinajstić information content (AvgIpc) is 2.86. The van der Waals surface area contributed by atoms with E-state index in [1.165, 1.54) is 6.42 Å². The van der Waals surface area contributed by atoms with Crippen molar-refractivity contribution in [2.24, 2.45) is 5.92 Å². The van der Waals surface area contributed by atoms with Gasteiger partial charge in [0.15, 0.2) is 6.61 Å². The maximum Gasteiger partial charge on any atom is 0.276 e. The summed E-state index contributed by atoms with van der Waals surface area (Å²) in [4.78, 5) is 36.7. The van der Waals surface area contributed by atoms with Gasteiger partial charge in [-0.1, -0.05) is 49.6 Å². The van der Waals surface area contributed by atoms with Crippen LogP contribution in [-0.2, 0) is 9.59 Å². The van der Waals surface area contributed by atoms with Crippen LogP contribution in [0.3, 0.4) is 0 Å². The third kappa shape index (κ3) is 6.10. The van der Waals surface area contributed by atoms with E-state index < -0.39 is 11.8 Å². The molecule has 0 heterocycles. The standard InChI is InChI=1S/C26H27N3O4/c30-24(17-33-23-15-12-18-6-4-5-9-21(18)16-23)28-29-26(32)20-10-13-22(14-11-20)27-25(31)19-7-2-1-3-8-19/h4-6,9-16,19H,1-3,7-8,17H2,(H,27,31)(H,28,30)(H,29,32). The summed E-state index contributed by atoms with van der Waals surface area (Å²) in [7, 11) is 0. The topological polar surface area (TPSA) is 96.5 Å². The van der Waals surface area contributed by atoms with E-state index in [9.17, 15) is 14.4 Å². The number of benzene rings is 3. The van der Waals surface area contributed by atoms with Gasteiger partial charge in [0.2, 0.25) is 5.91 Å². The molecular weight excluding hydrogens is 418 g/mol. The Morgan fingerprint density at radius 2 is 1.55 bits per heavy atom. The number of nitrogens with one attached hydrogen (secondary N) is 3. The molecule has 0 saturated heterocycles. The smallest absolute Gasteiger partial charge is 0.276 e. The molecule has 1 saturated carbocycles. The molecule has 0 spiro atoms. The van der Waals surface area contributed by atoms with Crippen molar-refractivity contribution < 1.29 is 19.1 Å². The quantitative estimate of drug-likeness (QED) is 0.496. The molecule has 0 unspecified atom stereocenters. The number of hydrogen-bond acceptors (Lipinski definition) is 4. The van der Waals surface area contributed by atoms with E-state index in [0.29, 0.717) is 17.0 Å². The first-order valence-electron chi connectivity index (χ1n) is 11.2. The van der Waals surface area contributed by atoms with Crippen molar-refractivity contribution in [3.63, 3.8) is 0 Å². The highest BCUT2D eigenvalue weighted by Crippen LogP contribution is 2.25. The largest absolute Gasteiger partial charge is 0.484 e. The molecule has 0 radical (unpaired) electrons. The molecule has 0 aromatic heterocycles. The lowest BCUT2D eigenvalue weighted by Crippen LogP contribution is -2.43. The molecule has 1 fully saturated rings. The van der Waals surface area contributed by atoms with Crippen LogP contribution in [0.2, 0.25) is 0 Å². The van der Waals surface area contributed by atoms with Crippen molar-refractivity contribution in [2.45, 2.75) is 32.1 Å². The fraction of sp³-hybridized carbons (Fsp3) is 0.269. The number of amides is 3. The Hall–Kier alpha value is -3.87. The Balaban J connectivity index is 1.22. The third-order valence-corrected chi connectivity index (χ3v) is 5.80. The molecule has 33 heavy (non-hydrogen) atoms. The summed E-state index contributed by atoms with van der Waals surface area (Å²) < 4.78 is 5.51. The van der Waals surface area contributed by atoms with Crippen LogP contribution in [-0.4, -0.2) is 24.3 Å². The van der Waals surface area contributed by atoms with Crippen molar-refractivity contribution in [2.75, 3.05) is 11.9 Å². The highest BCUT2D eigenvalue weighted by molar-refractivity contribution is 5.97. The number of carbonyl (C=O) groups is 3. The lowest BCUT2D eigenvalue weighted by Gasteiger charge is -2.20. The van der Waals surface area contributed by atoms with Gasteiger partial charge in [-0.15, -0.1) is 0 Å². The minimum absolute atomic E-state index is 0.0329. The predicted octanol–water partition coefficient (Wildman–Crippen LogP) is 4.20. The lowest BCUT2D eigenvalue weighted by molar-refractivity contribution is -0.124. The molecule has 1 aliphatic carbocycles. The average molecular weight is 446 g/mol. The van der Waals surface area contributed by atoms with Gasteiger partial charge in [-0.25, -0.2) is 0 Å². The monoisotopic (exact) mass is 445 g/mol. The fourth-order valence-electron chi connectivity index (χ4n) is 3.95. The number of fused-ring (bicyclic) bond motifs is 1. The highest BCUT2D eigenvalue weighted by atomic mass is 16.5. The lowest BCUT2D eigenvalue weighted by atomic mass is 9.88. The van der Waals surface area contributed by atoms with Crippen molar-refractivity contribution in [3.05, 3.63) is 72.3 Å². The molecule has 3 N–H and O–H groups in total. The maximum atomic E-state index is 12.3. The number of anilines is 1. The highest BCUT2D eigenvalue weighted by Gasteiger charge is 2.21. The molecule has 3 aromatic rings. The zero-order valence-electron chi connectivity index (χ0n) is 18.3. The Morgan fingerprint density at radius 1 is 0.818 bits per heavy atom. The normalized spacial score (nSPS) is 13.8. The SMILES string of the molecule is O=C(COc1ccc2ccccc2c1)NNC(=O)c1ccc(NC(=O)C2CCCCC2)cc1. The summed E-state index contributed by atoms with van der Waals surface area (Å²) in [5, 5.41) is 5.01. The molecule has 0 bridgehead atoms. The van der Waals surface area contributed by atoms with Gasteiger partial charge in [0.25, 0.3) is 11.8 Å². The van der Waals surface area contributed by atoms with Gasteiger partial charge in [0, 0.05) is 17.2 Å². The minimum atomic E-state index is -0.479. The van der Waals surface area contributed by atoms with E-state index in [2.05, 4.69) is 16.2 Å². The zero-order chi connectivity index (χ0) is 23.0. The molecule has 0 atom stereocenters. The first-order valence-corrected chi connectivity index (χ1v) is 11.2. The molecule has 7 heteroatoms. The minimum Gasteiger partial charge on any atom is -0.484 e. The van der Waals surface area contributed by atoms with Gasteiger partial charge in [-0.3, -0.25) is 25.2 Å². The first kappa shape index (κ1) is 22.3. The number of ether oxygens (including phenoxy) is 1. The number of hydrazine groups is 1. The Morgan fingerprint density at radius 3 is 2.30 bits per heavy atom. The summed E-state index contributed by atoms with van der Waals surface area (Å²) in [6.07, 6.45) is 5.24. The van der Waals surface area contributed by atoms with Crippen LogP contribution in [0.1, 0.15) is 42.5 Å². The number of hydrogen-bond donors (Lipinski definition) is 3. The third-order valence-electron chi connectivity index (χ3n) is 5.80. The van der Waals surface area contributed by atoms with Gasteiger partial charge >= 0.3 is 0 Å². The van der Waals surface area contributed by atoms with Crippen LogP contribution in [0.25, 0.3) is 10.8 Å². The second-order valence-corrected chi connectivity index (χ2v) is 8.20. The number of carbonyl (C=O) groups excluding carboxylic acids is 3. The predicted molar refractivity (Wildman–Crippen MR) is 127 cm³/mol. The van der Waals surface area contributed by atoms with Crippen LogP contribution in [0, 0.1) is 5.92 Å². The molecule has 0 aliphatic heterocycles. The van der Waals surface area contributed by atoms with E-state index in [1.54, 1.807) is 30.3 Å².